The third-order valence-electron chi connectivity index (χ3n) is 5.22. The van der Waals surface area contributed by atoms with E-state index in [2.05, 4.69) is 20.8 Å². The van der Waals surface area contributed by atoms with E-state index in [4.69, 9.17) is 0 Å². The summed E-state index contributed by atoms with van der Waals surface area (Å²) in [6, 6.07) is 0. The predicted molar refractivity (Wildman–Crippen MR) is 65.0 cm³/mol. The number of hydrogen-bond donors (Lipinski definition) is 2. The van der Waals surface area contributed by atoms with Gasteiger partial charge in [0, 0.05) is 5.92 Å². The Morgan fingerprint density at radius 3 is 2.31 bits per heavy atom. The molecule has 2 saturated carbocycles. The van der Waals surface area contributed by atoms with Crippen molar-refractivity contribution in [2.75, 3.05) is 0 Å². The molecule has 16 heavy (non-hydrogen) atoms. The zero-order valence-corrected chi connectivity index (χ0v) is 10.8. The molecule has 2 rings (SSSR count). The SMILES string of the molecule is CC(C)C(C)C1CC2CCC(O)C(C1)C2O. The largest absolute Gasteiger partial charge is 0.393 e. The summed E-state index contributed by atoms with van der Waals surface area (Å²) in [5.74, 6) is 2.72. The van der Waals surface area contributed by atoms with E-state index in [1.165, 1.54) is 6.42 Å². The maximum atomic E-state index is 10.1. The highest BCUT2D eigenvalue weighted by molar-refractivity contribution is 4.95. The lowest BCUT2D eigenvalue weighted by atomic mass is 9.61. The van der Waals surface area contributed by atoms with Gasteiger partial charge in [0.25, 0.3) is 0 Å². The van der Waals surface area contributed by atoms with Gasteiger partial charge in [-0.2, -0.15) is 0 Å². The Hall–Kier alpha value is -0.0800. The van der Waals surface area contributed by atoms with E-state index in [1.807, 2.05) is 0 Å². The van der Waals surface area contributed by atoms with Crippen molar-refractivity contribution >= 4 is 0 Å². The van der Waals surface area contributed by atoms with Crippen LogP contribution < -0.4 is 0 Å². The number of hydrogen-bond acceptors (Lipinski definition) is 2. The van der Waals surface area contributed by atoms with Crippen LogP contribution in [0, 0.1) is 29.6 Å². The molecule has 0 aromatic rings. The molecule has 0 spiro atoms. The molecule has 2 aliphatic carbocycles. The maximum Gasteiger partial charge on any atom is 0.0621 e. The molecule has 0 aliphatic heterocycles. The average molecular weight is 226 g/mol. The van der Waals surface area contributed by atoms with Crippen molar-refractivity contribution < 1.29 is 10.2 Å². The van der Waals surface area contributed by atoms with Gasteiger partial charge in [-0.3, -0.25) is 0 Å². The van der Waals surface area contributed by atoms with Crippen molar-refractivity contribution in [3.63, 3.8) is 0 Å². The Morgan fingerprint density at radius 2 is 1.69 bits per heavy atom. The third kappa shape index (κ3) is 2.14. The highest BCUT2D eigenvalue weighted by Crippen LogP contribution is 2.46. The van der Waals surface area contributed by atoms with Gasteiger partial charge in [0.15, 0.2) is 0 Å². The summed E-state index contributed by atoms with van der Waals surface area (Å²) in [7, 11) is 0. The average Bonchev–Trinajstić information content (AvgIpc) is 2.23. The first-order valence-electron chi connectivity index (χ1n) is 6.86. The Labute approximate surface area is 99.1 Å². The molecule has 2 fully saturated rings. The van der Waals surface area contributed by atoms with Crippen LogP contribution in [0.15, 0.2) is 0 Å². The van der Waals surface area contributed by atoms with Crippen molar-refractivity contribution in [2.24, 2.45) is 29.6 Å². The summed E-state index contributed by atoms with van der Waals surface area (Å²) < 4.78 is 0. The second-order valence-corrected chi connectivity index (χ2v) is 6.39. The fourth-order valence-corrected chi connectivity index (χ4v) is 3.71. The van der Waals surface area contributed by atoms with Gasteiger partial charge in [0.2, 0.25) is 0 Å². The van der Waals surface area contributed by atoms with Crippen molar-refractivity contribution in [1.82, 2.24) is 0 Å². The minimum absolute atomic E-state index is 0.152. The normalized spacial score (nSPS) is 45.8. The highest BCUT2D eigenvalue weighted by atomic mass is 16.3. The van der Waals surface area contributed by atoms with Crippen molar-refractivity contribution in [1.29, 1.82) is 0 Å². The number of aliphatic hydroxyl groups excluding tert-OH is 2. The zero-order valence-electron chi connectivity index (χ0n) is 10.8. The van der Waals surface area contributed by atoms with Crippen LogP contribution in [-0.4, -0.2) is 22.4 Å². The molecule has 0 radical (unpaired) electrons. The minimum atomic E-state index is -0.256. The van der Waals surface area contributed by atoms with E-state index in [9.17, 15) is 10.2 Å². The van der Waals surface area contributed by atoms with Crippen LogP contribution in [0.1, 0.15) is 46.5 Å². The second kappa shape index (κ2) is 4.66. The third-order valence-corrected chi connectivity index (χ3v) is 5.22. The maximum absolute atomic E-state index is 10.1. The summed E-state index contributed by atoms with van der Waals surface area (Å²) in [4.78, 5) is 0. The fraction of sp³-hybridized carbons (Fsp3) is 1.00. The van der Waals surface area contributed by atoms with Crippen LogP contribution in [0.5, 0.6) is 0 Å². The number of rotatable bonds is 2. The molecule has 0 aromatic heterocycles. The van der Waals surface area contributed by atoms with Gasteiger partial charge < -0.3 is 10.2 Å². The Bertz CT molecular complexity index is 239. The van der Waals surface area contributed by atoms with Gasteiger partial charge in [-0.15, -0.1) is 0 Å². The summed E-state index contributed by atoms with van der Waals surface area (Å²) in [5, 5.41) is 20.1. The van der Waals surface area contributed by atoms with Crippen LogP contribution >= 0.6 is 0 Å². The van der Waals surface area contributed by atoms with Crippen LogP contribution in [-0.2, 0) is 0 Å². The Balaban J connectivity index is 2.06. The molecule has 0 heterocycles. The van der Waals surface area contributed by atoms with Gasteiger partial charge in [-0.05, 0) is 49.4 Å². The molecular weight excluding hydrogens is 200 g/mol. The lowest BCUT2D eigenvalue weighted by Crippen LogP contribution is -2.48. The van der Waals surface area contributed by atoms with Crippen molar-refractivity contribution in [2.45, 2.75) is 58.7 Å². The lowest BCUT2D eigenvalue weighted by Gasteiger charge is -2.47. The summed E-state index contributed by atoms with van der Waals surface area (Å²) in [6.07, 6.45) is 3.62. The molecule has 94 valence electrons. The molecule has 2 bridgehead atoms. The second-order valence-electron chi connectivity index (χ2n) is 6.39. The quantitative estimate of drug-likeness (QED) is 0.759. The first-order chi connectivity index (χ1) is 7.50. The van der Waals surface area contributed by atoms with Crippen LogP contribution in [0.2, 0.25) is 0 Å². The van der Waals surface area contributed by atoms with Crippen LogP contribution in [0.3, 0.4) is 0 Å². The van der Waals surface area contributed by atoms with Gasteiger partial charge in [0.05, 0.1) is 12.2 Å². The molecule has 6 atom stereocenters. The molecule has 2 heteroatoms. The molecular formula is C14H26O2. The zero-order chi connectivity index (χ0) is 11.9. The summed E-state index contributed by atoms with van der Waals surface area (Å²) >= 11 is 0. The standard InChI is InChI=1S/C14H26O2/c1-8(2)9(3)11-6-10-4-5-13(15)12(7-11)14(10)16/h8-16H,4-7H2,1-3H3. The van der Waals surface area contributed by atoms with Crippen molar-refractivity contribution in [3.05, 3.63) is 0 Å². The van der Waals surface area contributed by atoms with Gasteiger partial charge >= 0.3 is 0 Å². The first-order valence-corrected chi connectivity index (χ1v) is 6.86. The molecule has 0 amide bonds. The topological polar surface area (TPSA) is 40.5 Å². The molecule has 6 unspecified atom stereocenters. The molecule has 0 saturated heterocycles. The molecule has 2 nitrogen and oxygen atoms in total. The van der Waals surface area contributed by atoms with Gasteiger partial charge in [-0.25, -0.2) is 0 Å². The van der Waals surface area contributed by atoms with Crippen molar-refractivity contribution in [3.8, 4) is 0 Å². The minimum Gasteiger partial charge on any atom is -0.393 e. The molecule has 0 aromatic carbocycles. The van der Waals surface area contributed by atoms with E-state index in [1.54, 1.807) is 0 Å². The summed E-state index contributed by atoms with van der Waals surface area (Å²) in [6.45, 7) is 6.89. The lowest BCUT2D eigenvalue weighted by molar-refractivity contribution is -0.104. The Morgan fingerprint density at radius 1 is 1.00 bits per heavy atom. The van der Waals surface area contributed by atoms with Gasteiger partial charge in [0.1, 0.15) is 0 Å². The van der Waals surface area contributed by atoms with Crippen LogP contribution in [0.4, 0.5) is 0 Å². The van der Waals surface area contributed by atoms with E-state index in [0.717, 1.165) is 19.3 Å². The van der Waals surface area contributed by atoms with E-state index < -0.39 is 0 Å². The monoisotopic (exact) mass is 226 g/mol. The summed E-state index contributed by atoms with van der Waals surface area (Å²) in [5.41, 5.74) is 0. The van der Waals surface area contributed by atoms with E-state index >= 15 is 0 Å². The predicted octanol–water partition coefficient (Wildman–Crippen LogP) is 2.44. The molecule has 2 N–H and O–H groups in total. The Kier molecular flexibility index (Phi) is 3.60. The smallest absolute Gasteiger partial charge is 0.0621 e. The number of fused-ring (bicyclic) bond motifs is 2. The first kappa shape index (κ1) is 12.4. The fourth-order valence-electron chi connectivity index (χ4n) is 3.71. The van der Waals surface area contributed by atoms with E-state index in [0.29, 0.717) is 23.7 Å². The van der Waals surface area contributed by atoms with Crippen LogP contribution in [0.25, 0.3) is 0 Å². The number of aliphatic hydroxyl groups is 2. The van der Waals surface area contributed by atoms with E-state index in [-0.39, 0.29) is 18.1 Å². The van der Waals surface area contributed by atoms with Gasteiger partial charge in [-0.1, -0.05) is 20.8 Å². The highest BCUT2D eigenvalue weighted by Gasteiger charge is 2.44. The molecule has 2 aliphatic rings.